The zero-order chi connectivity index (χ0) is 16.6. The standard InChI is InChI=1S/C17H21NO4S/c1-3-5-15-16(17(19)22-15)14-6-4-11-18(14)23(20,21)13-9-7-12(2)8-10-13/h7-10,15H,3-6,11H2,1-2H3. The largest absolute Gasteiger partial charge is 0.454 e. The molecule has 1 aromatic carbocycles. The molecule has 1 unspecified atom stereocenters. The molecule has 1 aromatic rings. The van der Waals surface area contributed by atoms with Gasteiger partial charge in [-0.15, -0.1) is 0 Å². The first-order chi connectivity index (χ1) is 10.9. The predicted molar refractivity (Wildman–Crippen MR) is 86.1 cm³/mol. The van der Waals surface area contributed by atoms with Gasteiger partial charge in [0.05, 0.1) is 10.5 Å². The molecule has 0 amide bonds. The van der Waals surface area contributed by atoms with Crippen molar-refractivity contribution in [2.24, 2.45) is 0 Å². The van der Waals surface area contributed by atoms with Crippen molar-refractivity contribution in [1.29, 1.82) is 0 Å². The minimum atomic E-state index is -3.62. The topological polar surface area (TPSA) is 63.7 Å². The number of rotatable bonds is 4. The van der Waals surface area contributed by atoms with Gasteiger partial charge in [-0.25, -0.2) is 13.2 Å². The summed E-state index contributed by atoms with van der Waals surface area (Å²) in [6, 6.07) is 6.81. The number of allylic oxidation sites excluding steroid dienone is 1. The molecule has 3 rings (SSSR count). The summed E-state index contributed by atoms with van der Waals surface area (Å²) in [6.45, 7) is 4.35. The van der Waals surface area contributed by atoms with Crippen LogP contribution in [0.1, 0.15) is 38.2 Å². The van der Waals surface area contributed by atoms with Crippen LogP contribution in [0.5, 0.6) is 0 Å². The summed E-state index contributed by atoms with van der Waals surface area (Å²) < 4.78 is 32.4. The third-order valence-corrected chi connectivity index (χ3v) is 6.19. The van der Waals surface area contributed by atoms with E-state index < -0.39 is 10.0 Å². The Morgan fingerprint density at radius 3 is 2.57 bits per heavy atom. The van der Waals surface area contributed by atoms with Crippen LogP contribution < -0.4 is 0 Å². The van der Waals surface area contributed by atoms with Gasteiger partial charge in [-0.3, -0.25) is 4.31 Å². The first kappa shape index (κ1) is 16.1. The van der Waals surface area contributed by atoms with Crippen LogP contribution in [0.15, 0.2) is 40.4 Å². The Labute approximate surface area is 137 Å². The van der Waals surface area contributed by atoms with Crippen molar-refractivity contribution < 1.29 is 17.9 Å². The van der Waals surface area contributed by atoms with Crippen LogP contribution in [0.3, 0.4) is 0 Å². The number of carbonyl (C=O) groups is 1. The lowest BCUT2D eigenvalue weighted by atomic mass is 9.97. The summed E-state index contributed by atoms with van der Waals surface area (Å²) >= 11 is 0. The highest BCUT2D eigenvalue weighted by Crippen LogP contribution is 2.37. The maximum atomic E-state index is 12.9. The molecule has 0 aliphatic carbocycles. The van der Waals surface area contributed by atoms with E-state index in [1.165, 1.54) is 4.31 Å². The summed E-state index contributed by atoms with van der Waals surface area (Å²) in [5.74, 6) is -0.371. The lowest BCUT2D eigenvalue weighted by Gasteiger charge is -2.33. The molecular weight excluding hydrogens is 314 g/mol. The van der Waals surface area contributed by atoms with Gasteiger partial charge in [-0.05, 0) is 38.3 Å². The second kappa shape index (κ2) is 6.00. The van der Waals surface area contributed by atoms with Crippen molar-refractivity contribution in [1.82, 2.24) is 4.31 Å². The van der Waals surface area contributed by atoms with Gasteiger partial charge >= 0.3 is 5.97 Å². The summed E-state index contributed by atoms with van der Waals surface area (Å²) in [7, 11) is -3.62. The number of cyclic esters (lactones) is 1. The Hall–Kier alpha value is -1.82. The quantitative estimate of drug-likeness (QED) is 0.627. The first-order valence-electron chi connectivity index (χ1n) is 7.98. The lowest BCUT2D eigenvalue weighted by molar-refractivity contribution is -0.156. The monoisotopic (exact) mass is 335 g/mol. The van der Waals surface area contributed by atoms with E-state index in [0.29, 0.717) is 24.2 Å². The molecule has 0 saturated carbocycles. The Morgan fingerprint density at radius 1 is 1.26 bits per heavy atom. The second-order valence-electron chi connectivity index (χ2n) is 6.04. The predicted octanol–water partition coefficient (Wildman–Crippen LogP) is 2.76. The number of aryl methyl sites for hydroxylation is 1. The molecule has 0 aromatic heterocycles. The van der Waals surface area contributed by atoms with E-state index in [2.05, 4.69) is 0 Å². The molecular formula is C17H21NO4S. The van der Waals surface area contributed by atoms with Crippen molar-refractivity contribution in [3.8, 4) is 0 Å². The maximum Gasteiger partial charge on any atom is 0.340 e. The molecule has 23 heavy (non-hydrogen) atoms. The van der Waals surface area contributed by atoms with E-state index in [0.717, 1.165) is 24.8 Å². The lowest BCUT2D eigenvalue weighted by Crippen LogP contribution is -2.40. The zero-order valence-corrected chi connectivity index (χ0v) is 14.2. The Kier molecular flexibility index (Phi) is 4.19. The summed E-state index contributed by atoms with van der Waals surface area (Å²) in [4.78, 5) is 12.1. The highest BCUT2D eigenvalue weighted by atomic mass is 32.2. The fourth-order valence-electron chi connectivity index (χ4n) is 3.12. The molecule has 2 saturated heterocycles. The number of carbonyl (C=O) groups excluding carboxylic acids is 1. The van der Waals surface area contributed by atoms with Crippen molar-refractivity contribution in [2.45, 2.75) is 50.5 Å². The molecule has 0 radical (unpaired) electrons. The molecule has 5 nitrogen and oxygen atoms in total. The SMILES string of the molecule is CCCC1OC(=O)C1=C1CCCN1S(=O)(=O)c1ccc(C)cc1. The van der Waals surface area contributed by atoms with Gasteiger partial charge in [0, 0.05) is 12.2 Å². The van der Waals surface area contributed by atoms with E-state index in [-0.39, 0.29) is 17.0 Å². The van der Waals surface area contributed by atoms with Crippen LogP contribution in [-0.4, -0.2) is 31.3 Å². The van der Waals surface area contributed by atoms with E-state index in [4.69, 9.17) is 4.74 Å². The van der Waals surface area contributed by atoms with E-state index in [9.17, 15) is 13.2 Å². The van der Waals surface area contributed by atoms with Gasteiger partial charge in [0.15, 0.2) is 0 Å². The van der Waals surface area contributed by atoms with Crippen LogP contribution >= 0.6 is 0 Å². The van der Waals surface area contributed by atoms with Crippen LogP contribution in [-0.2, 0) is 19.6 Å². The molecule has 2 heterocycles. The summed E-state index contributed by atoms with van der Waals surface area (Å²) in [6.07, 6.45) is 2.71. The third kappa shape index (κ3) is 2.76. The van der Waals surface area contributed by atoms with Gasteiger partial charge in [-0.2, -0.15) is 0 Å². The average Bonchev–Trinajstić information content (AvgIpc) is 2.96. The van der Waals surface area contributed by atoms with Gasteiger partial charge < -0.3 is 4.74 Å². The summed E-state index contributed by atoms with van der Waals surface area (Å²) in [5.41, 5.74) is 2.19. The fraction of sp³-hybridized carbons (Fsp3) is 0.471. The Bertz CT molecular complexity index is 749. The summed E-state index contributed by atoms with van der Waals surface area (Å²) in [5, 5.41) is 0. The van der Waals surface area contributed by atoms with Crippen molar-refractivity contribution in [3.05, 3.63) is 41.1 Å². The van der Waals surface area contributed by atoms with Crippen LogP contribution in [0, 0.1) is 6.92 Å². The molecule has 2 aliphatic heterocycles. The van der Waals surface area contributed by atoms with Crippen LogP contribution in [0.2, 0.25) is 0 Å². The normalized spacial score (nSPS) is 24.5. The third-order valence-electron chi connectivity index (χ3n) is 4.34. The van der Waals surface area contributed by atoms with Gasteiger partial charge in [0.25, 0.3) is 10.0 Å². The van der Waals surface area contributed by atoms with Crippen LogP contribution in [0.25, 0.3) is 0 Å². The van der Waals surface area contributed by atoms with Crippen molar-refractivity contribution >= 4 is 16.0 Å². The van der Waals surface area contributed by atoms with Crippen molar-refractivity contribution in [3.63, 3.8) is 0 Å². The molecule has 0 N–H and O–H groups in total. The zero-order valence-electron chi connectivity index (χ0n) is 13.4. The number of sulfonamides is 1. The number of esters is 1. The van der Waals surface area contributed by atoms with Gasteiger partial charge in [-0.1, -0.05) is 31.0 Å². The number of hydrogen-bond donors (Lipinski definition) is 0. The van der Waals surface area contributed by atoms with E-state index in [1.807, 2.05) is 13.8 Å². The Morgan fingerprint density at radius 2 is 1.96 bits per heavy atom. The highest BCUT2D eigenvalue weighted by Gasteiger charge is 2.43. The number of ether oxygens (including phenoxy) is 1. The van der Waals surface area contributed by atoms with E-state index in [1.54, 1.807) is 24.3 Å². The first-order valence-corrected chi connectivity index (χ1v) is 9.42. The number of nitrogens with zero attached hydrogens (tertiary/aromatic N) is 1. The fourth-order valence-corrected chi connectivity index (χ4v) is 4.70. The van der Waals surface area contributed by atoms with Gasteiger partial charge in [0.1, 0.15) is 6.10 Å². The second-order valence-corrected chi connectivity index (χ2v) is 7.90. The maximum absolute atomic E-state index is 12.9. The van der Waals surface area contributed by atoms with Crippen molar-refractivity contribution in [2.75, 3.05) is 6.54 Å². The minimum absolute atomic E-state index is 0.253. The molecule has 124 valence electrons. The molecule has 0 bridgehead atoms. The molecule has 6 heteroatoms. The van der Waals surface area contributed by atoms with Gasteiger partial charge in [0.2, 0.25) is 0 Å². The number of benzene rings is 1. The molecule has 2 fully saturated rings. The van der Waals surface area contributed by atoms with E-state index >= 15 is 0 Å². The Balaban J connectivity index is 1.98. The number of hydrogen-bond acceptors (Lipinski definition) is 4. The molecule has 1 atom stereocenters. The minimum Gasteiger partial charge on any atom is -0.454 e. The molecule has 0 spiro atoms. The average molecular weight is 335 g/mol. The smallest absolute Gasteiger partial charge is 0.340 e. The van der Waals surface area contributed by atoms with Crippen LogP contribution in [0.4, 0.5) is 0 Å². The molecule has 2 aliphatic rings. The highest BCUT2D eigenvalue weighted by molar-refractivity contribution is 7.89.